The Kier molecular flexibility index (Phi) is 5.45. The molecule has 1 saturated heterocycles. The maximum Gasteiger partial charge on any atom is 0.255 e. The number of hydrogen-bond acceptors (Lipinski definition) is 5. The van der Waals surface area contributed by atoms with E-state index in [1.165, 1.54) is 27.8 Å². The monoisotopic (exact) mass is 497 g/mol. The van der Waals surface area contributed by atoms with Crippen molar-refractivity contribution in [2.75, 3.05) is 26.2 Å². The second-order valence-electron chi connectivity index (χ2n) is 6.71. The largest absolute Gasteiger partial charge is 0.336 e. The Bertz CT molecular complexity index is 1200. The van der Waals surface area contributed by atoms with Crippen LogP contribution in [-0.2, 0) is 10.0 Å². The summed E-state index contributed by atoms with van der Waals surface area (Å²) in [5.74, 6) is -0.573. The van der Waals surface area contributed by atoms with Crippen molar-refractivity contribution >= 4 is 54.1 Å². The number of rotatable bonds is 3. The van der Waals surface area contributed by atoms with E-state index in [1.54, 1.807) is 36.1 Å². The Labute approximate surface area is 180 Å². The van der Waals surface area contributed by atoms with E-state index in [-0.39, 0.29) is 29.0 Å². The molecule has 0 unspecified atom stereocenters. The highest BCUT2D eigenvalue weighted by Gasteiger charge is 2.31. The summed E-state index contributed by atoms with van der Waals surface area (Å²) < 4.78 is 41.3. The van der Waals surface area contributed by atoms with Crippen LogP contribution < -0.4 is 0 Å². The maximum atomic E-state index is 13.4. The smallest absolute Gasteiger partial charge is 0.255 e. The molecule has 2 aromatic heterocycles. The second-order valence-corrected chi connectivity index (χ2v) is 11.3. The van der Waals surface area contributed by atoms with Gasteiger partial charge in [-0.25, -0.2) is 12.8 Å². The van der Waals surface area contributed by atoms with Crippen LogP contribution in [0.1, 0.15) is 16.1 Å². The third-order valence-corrected chi connectivity index (χ3v) is 8.86. The third kappa shape index (κ3) is 3.94. The molecule has 3 heterocycles. The number of fused-ring (bicyclic) bond motifs is 1. The Morgan fingerprint density at radius 2 is 1.86 bits per heavy atom. The zero-order valence-electron chi connectivity index (χ0n) is 15.4. The van der Waals surface area contributed by atoms with E-state index in [0.29, 0.717) is 35.2 Å². The Balaban J connectivity index is 1.51. The maximum absolute atomic E-state index is 13.4. The van der Waals surface area contributed by atoms with Crippen LogP contribution in [0.4, 0.5) is 4.39 Å². The molecule has 0 bridgehead atoms. The highest BCUT2D eigenvalue weighted by Crippen LogP contribution is 2.29. The van der Waals surface area contributed by atoms with Gasteiger partial charge in [-0.3, -0.25) is 9.78 Å². The normalized spacial score (nSPS) is 15.8. The number of halogens is 2. The van der Waals surface area contributed by atoms with Gasteiger partial charge >= 0.3 is 0 Å². The van der Waals surface area contributed by atoms with Gasteiger partial charge in [0.25, 0.3) is 15.9 Å². The molecule has 1 aliphatic heterocycles. The van der Waals surface area contributed by atoms with E-state index in [2.05, 4.69) is 20.9 Å². The zero-order valence-corrected chi connectivity index (χ0v) is 18.7. The van der Waals surface area contributed by atoms with Gasteiger partial charge < -0.3 is 4.90 Å². The number of pyridine rings is 1. The van der Waals surface area contributed by atoms with Crippen molar-refractivity contribution in [3.63, 3.8) is 0 Å². The van der Waals surface area contributed by atoms with E-state index >= 15 is 0 Å². The fourth-order valence-electron chi connectivity index (χ4n) is 3.32. The molecule has 29 heavy (non-hydrogen) atoms. The summed E-state index contributed by atoms with van der Waals surface area (Å²) in [5, 5.41) is 0.685. The summed E-state index contributed by atoms with van der Waals surface area (Å²) >= 11 is 4.45. The first-order valence-electron chi connectivity index (χ1n) is 8.87. The Hall–Kier alpha value is -1.88. The van der Waals surface area contributed by atoms with Crippen molar-refractivity contribution in [3.8, 4) is 0 Å². The molecule has 1 aliphatic rings. The quantitative estimate of drug-likeness (QED) is 0.553. The molecule has 6 nitrogen and oxygen atoms in total. The number of carbonyl (C=O) groups is 1. The lowest BCUT2D eigenvalue weighted by atomic mass is 10.1. The highest BCUT2D eigenvalue weighted by atomic mass is 79.9. The number of amides is 1. The van der Waals surface area contributed by atoms with Gasteiger partial charge in [0.2, 0.25) is 0 Å². The first-order valence-corrected chi connectivity index (χ1v) is 11.9. The van der Waals surface area contributed by atoms with E-state index in [4.69, 9.17) is 0 Å². The van der Waals surface area contributed by atoms with Crippen LogP contribution in [-0.4, -0.2) is 54.7 Å². The standard InChI is InChI=1S/C19H17BrFN3O3S2/c1-12-15(10-13-2-3-14(21)11-16(13)22-12)19(25)23-6-8-24(9-7-23)29(26,27)18-5-4-17(20)28-18/h2-5,10-11H,6-9H2,1H3. The molecule has 0 N–H and O–H groups in total. The summed E-state index contributed by atoms with van der Waals surface area (Å²) in [6.45, 7) is 2.77. The molecule has 0 aliphatic carbocycles. The average molecular weight is 498 g/mol. The molecular formula is C19H17BrFN3O3S2. The molecular weight excluding hydrogens is 481 g/mol. The van der Waals surface area contributed by atoms with Crippen molar-refractivity contribution in [3.05, 3.63) is 57.3 Å². The van der Waals surface area contributed by atoms with Gasteiger partial charge in [0.1, 0.15) is 10.0 Å². The minimum absolute atomic E-state index is 0.197. The lowest BCUT2D eigenvalue weighted by molar-refractivity contribution is 0.0697. The van der Waals surface area contributed by atoms with Crippen LogP contribution in [0, 0.1) is 12.7 Å². The van der Waals surface area contributed by atoms with Crippen molar-refractivity contribution in [1.82, 2.24) is 14.2 Å². The first-order chi connectivity index (χ1) is 13.8. The van der Waals surface area contributed by atoms with Crippen molar-refractivity contribution in [1.29, 1.82) is 0 Å². The van der Waals surface area contributed by atoms with Gasteiger partial charge in [0, 0.05) is 37.6 Å². The number of nitrogens with zero attached hydrogens (tertiary/aromatic N) is 3. The second kappa shape index (κ2) is 7.75. The molecule has 1 amide bonds. The number of benzene rings is 1. The highest BCUT2D eigenvalue weighted by molar-refractivity contribution is 9.11. The fraction of sp³-hybridized carbons (Fsp3) is 0.263. The Morgan fingerprint density at radius 3 is 2.52 bits per heavy atom. The summed E-state index contributed by atoms with van der Waals surface area (Å²) in [7, 11) is -3.56. The van der Waals surface area contributed by atoms with Crippen molar-refractivity contribution < 1.29 is 17.6 Å². The number of hydrogen-bond donors (Lipinski definition) is 0. The van der Waals surface area contributed by atoms with E-state index in [9.17, 15) is 17.6 Å². The summed E-state index contributed by atoms with van der Waals surface area (Å²) in [6.07, 6.45) is 0. The predicted octanol–water partition coefficient (Wildman–Crippen LogP) is 3.65. The third-order valence-electron chi connectivity index (χ3n) is 4.87. The molecule has 10 heteroatoms. The molecule has 3 aromatic rings. The molecule has 0 spiro atoms. The number of carbonyl (C=O) groups excluding carboxylic acids is 1. The van der Waals surface area contributed by atoms with Gasteiger partial charge in [0.05, 0.1) is 20.6 Å². The van der Waals surface area contributed by atoms with E-state index < -0.39 is 10.0 Å². The van der Waals surface area contributed by atoms with Gasteiger partial charge in [-0.15, -0.1) is 11.3 Å². The molecule has 4 rings (SSSR count). The Morgan fingerprint density at radius 1 is 1.14 bits per heavy atom. The SMILES string of the molecule is Cc1nc2cc(F)ccc2cc1C(=O)N1CCN(S(=O)(=O)c2ccc(Br)s2)CC1. The summed E-state index contributed by atoms with van der Waals surface area (Å²) in [6, 6.07) is 9.26. The van der Waals surface area contributed by atoms with E-state index in [1.807, 2.05) is 0 Å². The van der Waals surface area contributed by atoms with Crippen LogP contribution in [0.3, 0.4) is 0 Å². The zero-order chi connectivity index (χ0) is 20.8. The van der Waals surface area contributed by atoms with Crippen molar-refractivity contribution in [2.24, 2.45) is 0 Å². The summed E-state index contributed by atoms with van der Waals surface area (Å²) in [4.78, 5) is 19.0. The van der Waals surface area contributed by atoms with Gasteiger partial charge in [-0.2, -0.15) is 4.31 Å². The molecule has 0 radical (unpaired) electrons. The first kappa shape index (κ1) is 20.4. The van der Waals surface area contributed by atoms with Crippen LogP contribution in [0.5, 0.6) is 0 Å². The molecule has 0 saturated carbocycles. The lowest BCUT2D eigenvalue weighted by Crippen LogP contribution is -2.50. The van der Waals surface area contributed by atoms with Gasteiger partial charge in [-0.05, 0) is 53.2 Å². The molecule has 1 fully saturated rings. The topological polar surface area (TPSA) is 70.6 Å². The fourth-order valence-corrected chi connectivity index (χ4v) is 6.90. The predicted molar refractivity (Wildman–Crippen MR) is 113 cm³/mol. The van der Waals surface area contributed by atoms with Crippen molar-refractivity contribution in [2.45, 2.75) is 11.1 Å². The van der Waals surface area contributed by atoms with Gasteiger partial charge in [-0.1, -0.05) is 0 Å². The van der Waals surface area contributed by atoms with Gasteiger partial charge in [0.15, 0.2) is 0 Å². The number of aryl methyl sites for hydroxylation is 1. The number of thiophene rings is 1. The number of aromatic nitrogens is 1. The summed E-state index contributed by atoms with van der Waals surface area (Å²) in [5.41, 5.74) is 1.46. The molecule has 1 aromatic carbocycles. The van der Waals surface area contributed by atoms with E-state index in [0.717, 1.165) is 3.79 Å². The molecule has 0 atom stereocenters. The minimum atomic E-state index is -3.56. The average Bonchev–Trinajstić information content (AvgIpc) is 3.14. The molecule has 152 valence electrons. The lowest BCUT2D eigenvalue weighted by Gasteiger charge is -2.34. The van der Waals surface area contributed by atoms with Crippen LogP contribution in [0.15, 0.2) is 44.4 Å². The van der Waals surface area contributed by atoms with Crippen LogP contribution in [0.2, 0.25) is 0 Å². The van der Waals surface area contributed by atoms with Crippen LogP contribution >= 0.6 is 27.3 Å². The van der Waals surface area contributed by atoms with Crippen LogP contribution in [0.25, 0.3) is 10.9 Å². The minimum Gasteiger partial charge on any atom is -0.336 e. The number of piperazine rings is 1. The number of sulfonamides is 1.